The Morgan fingerprint density at radius 3 is 2.95 bits per heavy atom. The predicted octanol–water partition coefficient (Wildman–Crippen LogP) is 2.97. The maximum absolute atomic E-state index is 5.61. The molecule has 3 aromatic rings. The van der Waals surface area contributed by atoms with Crippen LogP contribution in [0.2, 0.25) is 0 Å². The Morgan fingerprint density at radius 1 is 1.30 bits per heavy atom. The lowest BCUT2D eigenvalue weighted by Crippen LogP contribution is -2.21. The van der Waals surface area contributed by atoms with Gasteiger partial charge in [-0.25, -0.2) is 15.8 Å². The van der Waals surface area contributed by atoms with Crippen molar-refractivity contribution in [1.29, 1.82) is 0 Å². The van der Waals surface area contributed by atoms with Gasteiger partial charge in [0.15, 0.2) is 5.82 Å². The minimum absolute atomic E-state index is 0.296. The number of nitrogens with one attached hydrogen (secondary N) is 1. The molecule has 1 unspecified atom stereocenters. The van der Waals surface area contributed by atoms with E-state index in [-0.39, 0.29) is 0 Å². The average molecular weight is 282 g/mol. The smallest absolute Gasteiger partial charge is 0.152 e. The van der Waals surface area contributed by atoms with E-state index in [4.69, 9.17) is 10.8 Å². The number of fused-ring (bicyclic) bond motifs is 2. The number of nitrogens with two attached hydrogens (primary N) is 1. The van der Waals surface area contributed by atoms with E-state index in [1.54, 1.807) is 11.3 Å². The summed E-state index contributed by atoms with van der Waals surface area (Å²) in [5.41, 5.74) is 5.44. The van der Waals surface area contributed by atoms with E-state index < -0.39 is 0 Å². The Hall–Kier alpha value is -1.98. The first-order chi connectivity index (χ1) is 9.76. The summed E-state index contributed by atoms with van der Waals surface area (Å²) in [4.78, 5) is 11.6. The van der Waals surface area contributed by atoms with Gasteiger partial charge in [-0.1, -0.05) is 24.3 Å². The summed E-state index contributed by atoms with van der Waals surface area (Å²) in [7, 11) is 0. The van der Waals surface area contributed by atoms with Crippen molar-refractivity contribution in [2.75, 3.05) is 5.43 Å². The summed E-state index contributed by atoms with van der Waals surface area (Å²) in [5, 5.41) is 1.01. The van der Waals surface area contributed by atoms with E-state index in [2.05, 4.69) is 47.7 Å². The van der Waals surface area contributed by atoms with Crippen LogP contribution in [0.5, 0.6) is 0 Å². The summed E-state index contributed by atoms with van der Waals surface area (Å²) in [5.74, 6) is 7.50. The number of aryl methyl sites for hydroxylation is 1. The largest absolute Gasteiger partial charge is 0.308 e. The van der Waals surface area contributed by atoms with Crippen molar-refractivity contribution in [2.24, 2.45) is 5.84 Å². The van der Waals surface area contributed by atoms with Gasteiger partial charge in [0.25, 0.3) is 0 Å². The van der Waals surface area contributed by atoms with Gasteiger partial charge in [0.05, 0.1) is 5.39 Å². The number of nitrogen functional groups attached to an aromatic ring is 1. The van der Waals surface area contributed by atoms with E-state index >= 15 is 0 Å². The van der Waals surface area contributed by atoms with Crippen LogP contribution in [0.1, 0.15) is 27.7 Å². The molecule has 0 radical (unpaired) electrons. The second-order valence-corrected chi connectivity index (χ2v) is 6.34. The molecular formula is C15H14N4S. The molecule has 20 heavy (non-hydrogen) atoms. The summed E-state index contributed by atoms with van der Waals surface area (Å²) in [6, 6.07) is 10.6. The van der Waals surface area contributed by atoms with E-state index in [1.165, 1.54) is 16.0 Å². The highest BCUT2D eigenvalue weighted by molar-refractivity contribution is 7.18. The average Bonchev–Trinajstić information content (AvgIpc) is 2.79. The maximum atomic E-state index is 5.61. The number of aromatic nitrogens is 2. The molecule has 4 nitrogen and oxygen atoms in total. The molecular weight excluding hydrogens is 268 g/mol. The Morgan fingerprint density at radius 2 is 2.15 bits per heavy atom. The third kappa shape index (κ3) is 1.63. The molecule has 4 rings (SSSR count). The lowest BCUT2D eigenvalue weighted by atomic mass is 9.77. The standard InChI is InChI=1S/C15H14N4S/c1-8-6-12-14(19-16)17-13(18-15(12)20-8)11-7-9-4-2-3-5-10(9)11/h2-6,11H,7,16H2,1H3,(H,17,18,19). The van der Waals surface area contributed by atoms with E-state index in [9.17, 15) is 0 Å². The van der Waals surface area contributed by atoms with E-state index in [0.717, 1.165) is 28.3 Å². The fourth-order valence-electron chi connectivity index (χ4n) is 2.81. The molecule has 3 N–H and O–H groups in total. The Kier molecular flexibility index (Phi) is 2.52. The minimum Gasteiger partial charge on any atom is -0.308 e. The van der Waals surface area contributed by atoms with Crippen LogP contribution in [0.4, 0.5) is 5.82 Å². The van der Waals surface area contributed by atoms with E-state index in [0.29, 0.717) is 5.92 Å². The van der Waals surface area contributed by atoms with Gasteiger partial charge in [-0.15, -0.1) is 11.3 Å². The molecule has 1 aliphatic carbocycles. The van der Waals surface area contributed by atoms with Gasteiger partial charge in [0.1, 0.15) is 10.7 Å². The van der Waals surface area contributed by atoms with Crippen LogP contribution in [-0.2, 0) is 6.42 Å². The first-order valence-corrected chi connectivity index (χ1v) is 7.40. The lowest BCUT2D eigenvalue weighted by molar-refractivity contribution is 0.665. The van der Waals surface area contributed by atoms with Crippen LogP contribution in [0.25, 0.3) is 10.2 Å². The number of hydrazine groups is 1. The molecule has 2 heterocycles. The highest BCUT2D eigenvalue weighted by Crippen LogP contribution is 2.40. The fourth-order valence-corrected chi connectivity index (χ4v) is 3.70. The predicted molar refractivity (Wildman–Crippen MR) is 82.0 cm³/mol. The molecule has 1 atom stereocenters. The summed E-state index contributed by atoms with van der Waals surface area (Å²) < 4.78 is 0. The maximum Gasteiger partial charge on any atom is 0.152 e. The van der Waals surface area contributed by atoms with Crippen molar-refractivity contribution in [3.05, 3.63) is 52.2 Å². The molecule has 0 amide bonds. The van der Waals surface area contributed by atoms with Crippen LogP contribution in [0, 0.1) is 6.92 Å². The lowest BCUT2D eigenvalue weighted by Gasteiger charge is -2.28. The summed E-state index contributed by atoms with van der Waals surface area (Å²) in [6.07, 6.45) is 1.01. The van der Waals surface area contributed by atoms with Gasteiger partial charge >= 0.3 is 0 Å². The Bertz CT molecular complexity index is 809. The molecule has 0 spiro atoms. The number of hydrogen-bond acceptors (Lipinski definition) is 5. The van der Waals surface area contributed by atoms with Crippen molar-refractivity contribution in [1.82, 2.24) is 9.97 Å². The number of nitrogens with zero attached hydrogens (tertiary/aromatic N) is 2. The number of benzene rings is 1. The quantitative estimate of drug-likeness (QED) is 0.560. The zero-order valence-corrected chi connectivity index (χ0v) is 11.9. The Balaban J connectivity index is 1.86. The van der Waals surface area contributed by atoms with Gasteiger partial charge in [0.2, 0.25) is 0 Å². The van der Waals surface area contributed by atoms with Crippen LogP contribution in [0.15, 0.2) is 30.3 Å². The second kappa shape index (κ2) is 4.26. The Labute approximate surface area is 120 Å². The van der Waals surface area contributed by atoms with Crippen LogP contribution < -0.4 is 11.3 Å². The molecule has 0 saturated heterocycles. The minimum atomic E-state index is 0.296. The molecule has 0 fully saturated rings. The number of hydrogen-bond donors (Lipinski definition) is 2. The van der Waals surface area contributed by atoms with Crippen LogP contribution in [-0.4, -0.2) is 9.97 Å². The van der Waals surface area contributed by atoms with Crippen LogP contribution >= 0.6 is 11.3 Å². The molecule has 0 bridgehead atoms. The fraction of sp³-hybridized carbons (Fsp3) is 0.200. The molecule has 5 heteroatoms. The van der Waals surface area contributed by atoms with Gasteiger partial charge < -0.3 is 5.43 Å². The van der Waals surface area contributed by atoms with Gasteiger partial charge in [-0.3, -0.25) is 0 Å². The first kappa shape index (κ1) is 11.8. The van der Waals surface area contributed by atoms with Crippen LogP contribution in [0.3, 0.4) is 0 Å². The van der Waals surface area contributed by atoms with Crippen molar-refractivity contribution in [3.8, 4) is 0 Å². The number of thiophene rings is 1. The van der Waals surface area contributed by atoms with Gasteiger partial charge in [-0.2, -0.15) is 0 Å². The molecule has 0 saturated carbocycles. The van der Waals surface area contributed by atoms with Crippen molar-refractivity contribution in [3.63, 3.8) is 0 Å². The topological polar surface area (TPSA) is 63.8 Å². The highest BCUT2D eigenvalue weighted by atomic mass is 32.1. The number of anilines is 1. The molecule has 2 aromatic heterocycles. The first-order valence-electron chi connectivity index (χ1n) is 6.59. The van der Waals surface area contributed by atoms with Crippen molar-refractivity contribution < 1.29 is 0 Å². The second-order valence-electron chi connectivity index (χ2n) is 5.11. The van der Waals surface area contributed by atoms with E-state index in [1.807, 2.05) is 0 Å². The normalized spacial score (nSPS) is 16.8. The zero-order chi connectivity index (χ0) is 13.7. The summed E-state index contributed by atoms with van der Waals surface area (Å²) >= 11 is 1.68. The third-order valence-electron chi connectivity index (χ3n) is 3.84. The zero-order valence-electron chi connectivity index (χ0n) is 11.1. The van der Waals surface area contributed by atoms with Gasteiger partial charge in [-0.05, 0) is 30.5 Å². The number of rotatable bonds is 2. The highest BCUT2D eigenvalue weighted by Gasteiger charge is 2.30. The molecule has 100 valence electrons. The summed E-state index contributed by atoms with van der Waals surface area (Å²) in [6.45, 7) is 2.07. The van der Waals surface area contributed by atoms with Crippen molar-refractivity contribution in [2.45, 2.75) is 19.3 Å². The molecule has 1 aliphatic rings. The van der Waals surface area contributed by atoms with Crippen molar-refractivity contribution >= 4 is 27.4 Å². The SMILES string of the molecule is Cc1cc2c(NN)nc(C3Cc4ccccc43)nc2s1. The third-order valence-corrected chi connectivity index (χ3v) is 4.78. The monoisotopic (exact) mass is 282 g/mol. The van der Waals surface area contributed by atoms with Gasteiger partial charge in [0, 0.05) is 10.8 Å². The molecule has 1 aromatic carbocycles. The molecule has 0 aliphatic heterocycles.